The van der Waals surface area contributed by atoms with Crippen LogP contribution >= 0.6 is 0 Å². The predicted molar refractivity (Wildman–Crippen MR) is 55.8 cm³/mol. The molecule has 0 spiro atoms. The number of hydrogen-bond donors (Lipinski definition) is 1. The molecule has 76 valence electrons. The van der Waals surface area contributed by atoms with Gasteiger partial charge in [0.1, 0.15) is 6.17 Å². The SMILES string of the molecule is NCc1ccccc1C1CCCC1F. The van der Waals surface area contributed by atoms with E-state index < -0.39 is 6.17 Å². The third kappa shape index (κ3) is 1.67. The molecule has 1 aromatic carbocycles. The third-order valence-corrected chi connectivity index (χ3v) is 3.11. The summed E-state index contributed by atoms with van der Waals surface area (Å²) >= 11 is 0. The molecule has 2 unspecified atom stereocenters. The Morgan fingerprint density at radius 1 is 1.29 bits per heavy atom. The van der Waals surface area contributed by atoms with Crippen molar-refractivity contribution in [3.8, 4) is 0 Å². The molecule has 0 aliphatic heterocycles. The molecule has 2 heteroatoms. The molecule has 1 saturated carbocycles. The Bertz CT molecular complexity index is 311. The van der Waals surface area contributed by atoms with Crippen molar-refractivity contribution in [2.75, 3.05) is 0 Å². The van der Waals surface area contributed by atoms with Crippen LogP contribution in [0.5, 0.6) is 0 Å². The van der Waals surface area contributed by atoms with E-state index in [0.717, 1.165) is 24.0 Å². The molecule has 2 atom stereocenters. The van der Waals surface area contributed by atoms with Crippen LogP contribution in [0, 0.1) is 0 Å². The number of alkyl halides is 1. The second-order valence-corrected chi connectivity index (χ2v) is 3.96. The predicted octanol–water partition coefficient (Wildman–Crippen LogP) is 2.75. The van der Waals surface area contributed by atoms with Gasteiger partial charge in [0.25, 0.3) is 0 Å². The summed E-state index contributed by atoms with van der Waals surface area (Å²) in [5.74, 6) is 0.0924. The van der Waals surface area contributed by atoms with Crippen molar-refractivity contribution in [2.45, 2.75) is 37.9 Å². The highest BCUT2D eigenvalue weighted by molar-refractivity contribution is 5.31. The molecule has 1 nitrogen and oxygen atoms in total. The minimum absolute atomic E-state index is 0.0924. The van der Waals surface area contributed by atoms with Crippen molar-refractivity contribution in [1.82, 2.24) is 0 Å². The summed E-state index contributed by atoms with van der Waals surface area (Å²) in [6, 6.07) is 7.96. The Kier molecular flexibility index (Phi) is 2.82. The minimum atomic E-state index is -0.664. The van der Waals surface area contributed by atoms with Gasteiger partial charge in [-0.25, -0.2) is 4.39 Å². The van der Waals surface area contributed by atoms with E-state index in [2.05, 4.69) is 0 Å². The Hall–Kier alpha value is -0.890. The van der Waals surface area contributed by atoms with E-state index in [4.69, 9.17) is 5.73 Å². The summed E-state index contributed by atoms with van der Waals surface area (Å²) in [6.07, 6.45) is 2.02. The van der Waals surface area contributed by atoms with Gasteiger partial charge in [-0.05, 0) is 30.4 Å². The molecule has 0 amide bonds. The Morgan fingerprint density at radius 3 is 2.71 bits per heavy atom. The molecule has 14 heavy (non-hydrogen) atoms. The van der Waals surface area contributed by atoms with E-state index in [1.807, 2.05) is 24.3 Å². The van der Waals surface area contributed by atoms with Crippen molar-refractivity contribution in [2.24, 2.45) is 5.73 Å². The molecule has 0 saturated heterocycles. The highest BCUT2D eigenvalue weighted by atomic mass is 19.1. The lowest BCUT2D eigenvalue weighted by atomic mass is 9.92. The van der Waals surface area contributed by atoms with E-state index >= 15 is 0 Å². The van der Waals surface area contributed by atoms with Crippen molar-refractivity contribution in [3.05, 3.63) is 35.4 Å². The standard InChI is InChI=1S/C12H16FN/c13-12-7-3-6-11(12)10-5-2-1-4-9(10)8-14/h1-2,4-5,11-12H,3,6-8,14H2. The van der Waals surface area contributed by atoms with Crippen molar-refractivity contribution >= 4 is 0 Å². The van der Waals surface area contributed by atoms with Crippen LogP contribution in [0.3, 0.4) is 0 Å². The first kappa shape index (κ1) is 9.66. The smallest absolute Gasteiger partial charge is 0.107 e. The van der Waals surface area contributed by atoms with Gasteiger partial charge in [-0.1, -0.05) is 24.3 Å². The van der Waals surface area contributed by atoms with Crippen LogP contribution in [-0.4, -0.2) is 6.17 Å². The van der Waals surface area contributed by atoms with Gasteiger partial charge in [0.15, 0.2) is 0 Å². The van der Waals surface area contributed by atoms with E-state index in [-0.39, 0.29) is 5.92 Å². The van der Waals surface area contributed by atoms with Crippen LogP contribution in [0.1, 0.15) is 36.3 Å². The molecule has 0 bridgehead atoms. The molecule has 0 heterocycles. The highest BCUT2D eigenvalue weighted by Crippen LogP contribution is 2.37. The number of hydrogen-bond acceptors (Lipinski definition) is 1. The number of rotatable bonds is 2. The van der Waals surface area contributed by atoms with Crippen LogP contribution in [0.25, 0.3) is 0 Å². The van der Waals surface area contributed by atoms with Gasteiger partial charge in [0.05, 0.1) is 0 Å². The molecule has 1 fully saturated rings. The van der Waals surface area contributed by atoms with Crippen molar-refractivity contribution < 1.29 is 4.39 Å². The highest BCUT2D eigenvalue weighted by Gasteiger charge is 2.29. The van der Waals surface area contributed by atoms with Gasteiger partial charge < -0.3 is 5.73 Å². The quantitative estimate of drug-likeness (QED) is 0.768. The van der Waals surface area contributed by atoms with Crippen molar-refractivity contribution in [3.63, 3.8) is 0 Å². The average Bonchev–Trinajstić information content (AvgIpc) is 2.64. The summed E-state index contributed by atoms with van der Waals surface area (Å²) in [5.41, 5.74) is 7.87. The van der Waals surface area contributed by atoms with Gasteiger partial charge in [-0.3, -0.25) is 0 Å². The summed E-state index contributed by atoms with van der Waals surface area (Å²) in [5, 5.41) is 0. The first-order valence-corrected chi connectivity index (χ1v) is 5.25. The lowest BCUT2D eigenvalue weighted by Crippen LogP contribution is -2.10. The van der Waals surface area contributed by atoms with E-state index in [0.29, 0.717) is 13.0 Å². The maximum atomic E-state index is 13.5. The van der Waals surface area contributed by atoms with Gasteiger partial charge in [-0.2, -0.15) is 0 Å². The molecule has 1 aliphatic rings. The molecule has 1 aliphatic carbocycles. The summed E-state index contributed by atoms with van der Waals surface area (Å²) in [4.78, 5) is 0. The van der Waals surface area contributed by atoms with Crippen LogP contribution in [0.2, 0.25) is 0 Å². The molecular weight excluding hydrogens is 177 g/mol. The Morgan fingerprint density at radius 2 is 2.07 bits per heavy atom. The first-order chi connectivity index (χ1) is 6.83. The fraction of sp³-hybridized carbons (Fsp3) is 0.500. The summed E-state index contributed by atoms with van der Waals surface area (Å²) < 4.78 is 13.5. The maximum absolute atomic E-state index is 13.5. The fourth-order valence-electron chi connectivity index (χ4n) is 2.35. The molecule has 0 aromatic heterocycles. The largest absolute Gasteiger partial charge is 0.326 e. The fourth-order valence-corrected chi connectivity index (χ4v) is 2.35. The van der Waals surface area contributed by atoms with Gasteiger partial charge in [-0.15, -0.1) is 0 Å². The summed E-state index contributed by atoms with van der Waals surface area (Å²) in [7, 11) is 0. The second kappa shape index (κ2) is 4.09. The Labute approximate surface area is 84.1 Å². The topological polar surface area (TPSA) is 26.0 Å². The summed E-state index contributed by atoms with van der Waals surface area (Å²) in [6.45, 7) is 0.513. The van der Waals surface area contributed by atoms with E-state index in [1.165, 1.54) is 0 Å². The minimum Gasteiger partial charge on any atom is -0.326 e. The zero-order valence-electron chi connectivity index (χ0n) is 8.25. The molecule has 1 aromatic rings. The normalized spacial score (nSPS) is 26.7. The van der Waals surface area contributed by atoms with Crippen LogP contribution in [0.4, 0.5) is 4.39 Å². The molecule has 0 radical (unpaired) electrons. The van der Waals surface area contributed by atoms with Crippen LogP contribution < -0.4 is 5.73 Å². The van der Waals surface area contributed by atoms with Gasteiger partial charge in [0.2, 0.25) is 0 Å². The number of halogens is 1. The van der Waals surface area contributed by atoms with Gasteiger partial charge in [0, 0.05) is 12.5 Å². The second-order valence-electron chi connectivity index (χ2n) is 3.96. The Balaban J connectivity index is 2.30. The molecule has 2 rings (SSSR count). The van der Waals surface area contributed by atoms with Crippen LogP contribution in [-0.2, 0) is 6.54 Å². The molecular formula is C12H16FN. The lowest BCUT2D eigenvalue weighted by Gasteiger charge is -2.16. The molecule has 2 N–H and O–H groups in total. The van der Waals surface area contributed by atoms with E-state index in [1.54, 1.807) is 0 Å². The first-order valence-electron chi connectivity index (χ1n) is 5.25. The van der Waals surface area contributed by atoms with Gasteiger partial charge >= 0.3 is 0 Å². The zero-order valence-corrected chi connectivity index (χ0v) is 8.25. The maximum Gasteiger partial charge on any atom is 0.107 e. The monoisotopic (exact) mass is 193 g/mol. The number of benzene rings is 1. The average molecular weight is 193 g/mol. The third-order valence-electron chi connectivity index (χ3n) is 3.11. The lowest BCUT2D eigenvalue weighted by molar-refractivity contribution is 0.311. The number of nitrogens with two attached hydrogens (primary N) is 1. The van der Waals surface area contributed by atoms with E-state index in [9.17, 15) is 4.39 Å². The van der Waals surface area contributed by atoms with Crippen LogP contribution in [0.15, 0.2) is 24.3 Å². The van der Waals surface area contributed by atoms with Crippen molar-refractivity contribution in [1.29, 1.82) is 0 Å². The zero-order chi connectivity index (χ0) is 9.97.